The quantitative estimate of drug-likeness (QED) is 0.187. The van der Waals surface area contributed by atoms with Crippen molar-refractivity contribution in [3.8, 4) is 23.0 Å². The number of para-hydroxylation sites is 2. The molecule has 0 aliphatic rings. The average molecular weight is 567 g/mol. The van der Waals surface area contributed by atoms with E-state index in [4.69, 9.17) is 53.8 Å². The highest BCUT2D eigenvalue weighted by Gasteiger charge is 2.12. The molecule has 0 atom stereocenters. The molecule has 37 heavy (non-hydrogen) atoms. The average Bonchev–Trinajstić information content (AvgIpc) is 2.89. The molecule has 2 amide bonds. The standard InChI is InChI=1S/C25H22Cl3N3O6/c1-34-19-6-4-3-5-18(19)30-23(32)13-36-20-8-7-15(9-21(20)35-2)12-29-31-24(33)14-37-22-11-16(26)10-17(27)25(22)28/h3-12H,13-14H2,1-2H3,(H,30,32)(H,31,33)/b29-12-. The Morgan fingerprint density at radius 2 is 1.54 bits per heavy atom. The third kappa shape index (κ3) is 8.18. The normalized spacial score (nSPS) is 10.6. The zero-order valence-corrected chi connectivity index (χ0v) is 22.0. The minimum absolute atomic E-state index is 0.147. The summed E-state index contributed by atoms with van der Waals surface area (Å²) >= 11 is 17.9. The fraction of sp³-hybridized carbons (Fsp3) is 0.160. The molecule has 0 unspecified atom stereocenters. The van der Waals surface area contributed by atoms with Crippen LogP contribution in [0.4, 0.5) is 5.69 Å². The number of methoxy groups -OCH3 is 2. The fourth-order valence-corrected chi connectivity index (χ4v) is 3.59. The number of hydrogen-bond donors (Lipinski definition) is 2. The molecule has 0 saturated heterocycles. The summed E-state index contributed by atoms with van der Waals surface area (Å²) in [5.41, 5.74) is 3.47. The summed E-state index contributed by atoms with van der Waals surface area (Å²) in [6, 6.07) is 14.9. The van der Waals surface area contributed by atoms with E-state index in [0.717, 1.165) is 0 Å². The summed E-state index contributed by atoms with van der Waals surface area (Å²) < 4.78 is 21.5. The van der Waals surface area contributed by atoms with E-state index in [2.05, 4.69) is 15.8 Å². The number of rotatable bonds is 11. The van der Waals surface area contributed by atoms with Crippen LogP contribution in [0, 0.1) is 0 Å². The van der Waals surface area contributed by atoms with Crippen LogP contribution in [-0.4, -0.2) is 45.5 Å². The Balaban J connectivity index is 1.52. The third-order valence-electron chi connectivity index (χ3n) is 4.65. The molecule has 3 aromatic carbocycles. The first-order valence-electron chi connectivity index (χ1n) is 10.6. The van der Waals surface area contributed by atoms with Crippen LogP contribution >= 0.6 is 34.8 Å². The van der Waals surface area contributed by atoms with E-state index < -0.39 is 5.91 Å². The lowest BCUT2D eigenvalue weighted by Crippen LogP contribution is -2.24. The lowest BCUT2D eigenvalue weighted by atomic mass is 10.2. The van der Waals surface area contributed by atoms with Crippen molar-refractivity contribution < 1.29 is 28.5 Å². The summed E-state index contributed by atoms with van der Waals surface area (Å²) in [6.07, 6.45) is 1.40. The van der Waals surface area contributed by atoms with E-state index in [-0.39, 0.29) is 34.9 Å². The van der Waals surface area contributed by atoms with Gasteiger partial charge in [0.2, 0.25) is 0 Å². The number of hydrogen-bond acceptors (Lipinski definition) is 7. The fourth-order valence-electron chi connectivity index (χ4n) is 2.95. The van der Waals surface area contributed by atoms with Gasteiger partial charge < -0.3 is 24.3 Å². The molecule has 0 heterocycles. The third-order valence-corrected chi connectivity index (χ3v) is 5.65. The van der Waals surface area contributed by atoms with Gasteiger partial charge in [0.1, 0.15) is 16.5 Å². The van der Waals surface area contributed by atoms with Crippen LogP contribution in [0.2, 0.25) is 15.1 Å². The molecule has 0 spiro atoms. The molecular formula is C25H22Cl3N3O6. The number of halogens is 3. The zero-order valence-electron chi connectivity index (χ0n) is 19.7. The van der Waals surface area contributed by atoms with E-state index in [9.17, 15) is 9.59 Å². The molecule has 0 aliphatic heterocycles. The van der Waals surface area contributed by atoms with Gasteiger partial charge in [-0.3, -0.25) is 9.59 Å². The van der Waals surface area contributed by atoms with E-state index >= 15 is 0 Å². The second-order valence-electron chi connectivity index (χ2n) is 7.23. The van der Waals surface area contributed by atoms with Crippen LogP contribution < -0.4 is 29.7 Å². The summed E-state index contributed by atoms with van der Waals surface area (Å²) in [4.78, 5) is 24.3. The van der Waals surface area contributed by atoms with Crippen LogP contribution in [0.3, 0.4) is 0 Å². The Bertz CT molecular complexity index is 1300. The maximum atomic E-state index is 12.3. The maximum absolute atomic E-state index is 12.3. The predicted molar refractivity (Wildman–Crippen MR) is 143 cm³/mol. The SMILES string of the molecule is COc1ccccc1NC(=O)COc1ccc(/C=N\NC(=O)COc2cc(Cl)cc(Cl)c2Cl)cc1OC. The van der Waals surface area contributed by atoms with E-state index in [1.54, 1.807) is 42.5 Å². The number of nitrogens with zero attached hydrogens (tertiary/aromatic N) is 1. The van der Waals surface area contributed by atoms with Crippen molar-refractivity contribution in [2.24, 2.45) is 5.10 Å². The maximum Gasteiger partial charge on any atom is 0.277 e. The van der Waals surface area contributed by atoms with Crippen LogP contribution in [0.5, 0.6) is 23.0 Å². The van der Waals surface area contributed by atoms with E-state index in [1.165, 1.54) is 32.6 Å². The van der Waals surface area contributed by atoms with Gasteiger partial charge in [-0.15, -0.1) is 0 Å². The van der Waals surface area contributed by atoms with Gasteiger partial charge in [-0.05, 0) is 42.0 Å². The minimum atomic E-state index is -0.531. The van der Waals surface area contributed by atoms with Crippen molar-refractivity contribution in [1.29, 1.82) is 0 Å². The Morgan fingerprint density at radius 1 is 0.838 bits per heavy atom. The molecule has 2 N–H and O–H groups in total. The van der Waals surface area contributed by atoms with Gasteiger partial charge in [0.25, 0.3) is 11.8 Å². The van der Waals surface area contributed by atoms with Crippen LogP contribution in [0.25, 0.3) is 0 Å². The second-order valence-corrected chi connectivity index (χ2v) is 8.45. The summed E-state index contributed by atoms with van der Waals surface area (Å²) in [7, 11) is 2.98. The smallest absolute Gasteiger partial charge is 0.277 e. The molecular weight excluding hydrogens is 545 g/mol. The summed E-state index contributed by atoms with van der Waals surface area (Å²) in [5, 5.41) is 7.30. The molecule has 0 radical (unpaired) electrons. The Labute approximate surface area is 228 Å². The van der Waals surface area contributed by atoms with Crippen molar-refractivity contribution in [1.82, 2.24) is 5.43 Å². The molecule has 12 heteroatoms. The monoisotopic (exact) mass is 565 g/mol. The number of benzene rings is 3. The largest absolute Gasteiger partial charge is 0.495 e. The Hall–Kier alpha value is -3.66. The molecule has 9 nitrogen and oxygen atoms in total. The Kier molecular flexibility index (Phi) is 10.3. The number of amides is 2. The van der Waals surface area contributed by atoms with Crippen molar-refractivity contribution in [3.63, 3.8) is 0 Å². The first-order valence-corrected chi connectivity index (χ1v) is 11.8. The molecule has 0 saturated carbocycles. The van der Waals surface area contributed by atoms with Gasteiger partial charge in [0.15, 0.2) is 24.7 Å². The highest BCUT2D eigenvalue weighted by atomic mass is 35.5. The molecule has 194 valence electrons. The Morgan fingerprint density at radius 3 is 2.30 bits per heavy atom. The van der Waals surface area contributed by atoms with Crippen LogP contribution in [-0.2, 0) is 9.59 Å². The van der Waals surface area contributed by atoms with Gasteiger partial charge in [0, 0.05) is 11.1 Å². The first-order chi connectivity index (χ1) is 17.8. The number of hydrazone groups is 1. The topological polar surface area (TPSA) is 107 Å². The molecule has 0 fully saturated rings. The molecule has 0 aliphatic carbocycles. The van der Waals surface area contributed by atoms with Crippen molar-refractivity contribution in [2.45, 2.75) is 0 Å². The number of anilines is 1. The van der Waals surface area contributed by atoms with Crippen LogP contribution in [0.1, 0.15) is 5.56 Å². The molecule has 3 aromatic rings. The highest BCUT2D eigenvalue weighted by molar-refractivity contribution is 6.44. The number of nitrogens with one attached hydrogen (secondary N) is 2. The van der Waals surface area contributed by atoms with Gasteiger partial charge in [0.05, 0.1) is 31.1 Å². The molecule has 0 bridgehead atoms. The van der Waals surface area contributed by atoms with E-state index in [1.807, 2.05) is 0 Å². The lowest BCUT2D eigenvalue weighted by molar-refractivity contribution is -0.123. The number of carbonyl (C=O) groups is 2. The van der Waals surface area contributed by atoms with Gasteiger partial charge in [-0.2, -0.15) is 5.10 Å². The van der Waals surface area contributed by atoms with E-state index in [0.29, 0.717) is 33.5 Å². The van der Waals surface area contributed by atoms with Crippen LogP contribution in [0.15, 0.2) is 59.7 Å². The highest BCUT2D eigenvalue weighted by Crippen LogP contribution is 2.35. The molecule has 0 aromatic heterocycles. The second kappa shape index (κ2) is 13.6. The van der Waals surface area contributed by atoms with Gasteiger partial charge in [-0.25, -0.2) is 5.43 Å². The van der Waals surface area contributed by atoms with Crippen molar-refractivity contribution in [3.05, 3.63) is 75.2 Å². The molecule has 3 rings (SSSR count). The zero-order chi connectivity index (χ0) is 26.8. The van der Waals surface area contributed by atoms with Gasteiger partial charge >= 0.3 is 0 Å². The lowest BCUT2D eigenvalue weighted by Gasteiger charge is -2.12. The number of ether oxygens (including phenoxy) is 4. The van der Waals surface area contributed by atoms with Crippen molar-refractivity contribution >= 4 is 58.5 Å². The summed E-state index contributed by atoms with van der Waals surface area (Å²) in [6.45, 7) is -0.611. The number of carbonyl (C=O) groups excluding carboxylic acids is 2. The first kappa shape index (κ1) is 27.9. The van der Waals surface area contributed by atoms with Crippen molar-refractivity contribution in [2.75, 3.05) is 32.8 Å². The summed E-state index contributed by atoms with van der Waals surface area (Å²) in [5.74, 6) is 0.531. The minimum Gasteiger partial charge on any atom is -0.495 e. The predicted octanol–water partition coefficient (Wildman–Crippen LogP) is 5.21. The van der Waals surface area contributed by atoms with Gasteiger partial charge in [-0.1, -0.05) is 46.9 Å².